The van der Waals surface area contributed by atoms with Crippen LogP contribution in [0.15, 0.2) is 231 Å². The van der Waals surface area contributed by atoms with E-state index in [2.05, 4.69) is 206 Å². The van der Waals surface area contributed by atoms with Crippen molar-refractivity contribution < 1.29 is 0 Å². The zero-order valence-corrected chi connectivity index (χ0v) is 33.3. The van der Waals surface area contributed by atoms with Gasteiger partial charge in [-0.2, -0.15) is 0 Å². The molecule has 2 aliphatic rings. The Balaban J connectivity index is 0.922. The molecule has 9 aromatic carbocycles. The van der Waals surface area contributed by atoms with Gasteiger partial charge in [-0.25, -0.2) is 9.97 Å². The standard InChI is InChI=1S/C59H38N2/c1-3-16-39(17-4-1)56-38-57(61-58(60-56)40-18-5-2-6-19-40)47-25-15-24-45(36-47)43-22-13-20-41(34-43)42-21-14-23-44(35-42)46-32-33-51-50-28-9-12-31-54(50)59(55(51)37-46)52-29-10-7-26-48(52)49-27-8-11-30-53(49)59/h1-38H. The first kappa shape index (κ1) is 35.0. The molecule has 0 unspecified atom stereocenters. The molecule has 284 valence electrons. The Labute approximate surface area is 356 Å². The van der Waals surface area contributed by atoms with Crippen molar-refractivity contribution in [2.75, 3.05) is 0 Å². The summed E-state index contributed by atoms with van der Waals surface area (Å²) in [5.74, 6) is 0.713. The molecule has 0 radical (unpaired) electrons. The van der Waals surface area contributed by atoms with E-state index >= 15 is 0 Å². The first-order chi connectivity index (χ1) is 30.2. The molecule has 61 heavy (non-hydrogen) atoms. The minimum Gasteiger partial charge on any atom is -0.228 e. The van der Waals surface area contributed by atoms with Gasteiger partial charge in [-0.3, -0.25) is 0 Å². The van der Waals surface area contributed by atoms with Gasteiger partial charge in [-0.1, -0.05) is 200 Å². The second kappa shape index (κ2) is 14.1. The molecule has 2 nitrogen and oxygen atoms in total. The Morgan fingerprint density at radius 1 is 0.230 bits per heavy atom. The smallest absolute Gasteiger partial charge is 0.160 e. The lowest BCUT2D eigenvalue weighted by Gasteiger charge is -2.30. The minimum atomic E-state index is -0.367. The van der Waals surface area contributed by atoms with Gasteiger partial charge in [0, 0.05) is 16.7 Å². The van der Waals surface area contributed by atoms with Gasteiger partial charge in [0.05, 0.1) is 16.8 Å². The van der Waals surface area contributed by atoms with E-state index in [0.29, 0.717) is 5.82 Å². The summed E-state index contributed by atoms with van der Waals surface area (Å²) in [7, 11) is 0. The molecule has 2 aliphatic carbocycles. The van der Waals surface area contributed by atoms with E-state index in [1.807, 2.05) is 24.3 Å². The van der Waals surface area contributed by atoms with Crippen LogP contribution in [0.2, 0.25) is 0 Å². The van der Waals surface area contributed by atoms with Crippen LogP contribution in [0.4, 0.5) is 0 Å². The van der Waals surface area contributed by atoms with E-state index in [1.165, 1.54) is 66.8 Å². The minimum absolute atomic E-state index is 0.367. The van der Waals surface area contributed by atoms with Crippen LogP contribution in [0, 0.1) is 0 Å². The highest BCUT2D eigenvalue weighted by Crippen LogP contribution is 2.63. The maximum absolute atomic E-state index is 5.11. The lowest BCUT2D eigenvalue weighted by atomic mass is 9.70. The van der Waals surface area contributed by atoms with Crippen molar-refractivity contribution in [3.63, 3.8) is 0 Å². The summed E-state index contributed by atoms with van der Waals surface area (Å²) in [6, 6.07) is 83.5. The molecule has 2 heteroatoms. The number of nitrogens with zero attached hydrogens (tertiary/aromatic N) is 2. The molecule has 0 amide bonds. The third-order valence-electron chi connectivity index (χ3n) is 12.7. The van der Waals surface area contributed by atoms with Crippen molar-refractivity contribution >= 4 is 0 Å². The summed E-state index contributed by atoms with van der Waals surface area (Å²) >= 11 is 0. The summed E-state index contributed by atoms with van der Waals surface area (Å²) < 4.78 is 0. The Morgan fingerprint density at radius 2 is 0.590 bits per heavy atom. The highest BCUT2D eigenvalue weighted by Gasteiger charge is 2.51. The quantitative estimate of drug-likeness (QED) is 0.168. The van der Waals surface area contributed by atoms with E-state index in [9.17, 15) is 0 Å². The highest BCUT2D eigenvalue weighted by molar-refractivity contribution is 5.96. The van der Waals surface area contributed by atoms with E-state index in [0.717, 1.165) is 39.2 Å². The molecule has 1 spiro atoms. The molecule has 0 saturated carbocycles. The van der Waals surface area contributed by atoms with Crippen LogP contribution in [0.5, 0.6) is 0 Å². The normalized spacial score (nSPS) is 12.7. The Bertz CT molecular complexity index is 3190. The van der Waals surface area contributed by atoms with Gasteiger partial charge >= 0.3 is 0 Å². The summed E-state index contributed by atoms with van der Waals surface area (Å²) in [6.07, 6.45) is 0. The largest absolute Gasteiger partial charge is 0.228 e. The molecule has 0 atom stereocenters. The summed E-state index contributed by atoms with van der Waals surface area (Å²) in [6.45, 7) is 0. The molecule has 0 saturated heterocycles. The fraction of sp³-hybridized carbons (Fsp3) is 0.0169. The number of benzene rings is 9. The summed E-state index contributed by atoms with van der Waals surface area (Å²) in [5, 5.41) is 0. The lowest BCUT2D eigenvalue weighted by molar-refractivity contribution is 0.794. The lowest BCUT2D eigenvalue weighted by Crippen LogP contribution is -2.25. The number of fused-ring (bicyclic) bond motifs is 10. The fourth-order valence-corrected chi connectivity index (χ4v) is 9.96. The summed E-state index contributed by atoms with van der Waals surface area (Å²) in [4.78, 5) is 10.1. The zero-order valence-electron chi connectivity index (χ0n) is 33.3. The maximum Gasteiger partial charge on any atom is 0.160 e. The zero-order chi connectivity index (χ0) is 40.3. The van der Waals surface area contributed by atoms with Crippen molar-refractivity contribution in [1.82, 2.24) is 9.97 Å². The Hall–Kier alpha value is -7.94. The van der Waals surface area contributed by atoms with Crippen molar-refractivity contribution in [3.8, 4) is 89.5 Å². The third kappa shape index (κ3) is 5.64. The van der Waals surface area contributed by atoms with Crippen molar-refractivity contribution in [2.45, 2.75) is 5.41 Å². The maximum atomic E-state index is 5.11. The molecule has 0 aliphatic heterocycles. The van der Waals surface area contributed by atoms with Crippen LogP contribution in [-0.4, -0.2) is 9.97 Å². The average molecular weight is 775 g/mol. The van der Waals surface area contributed by atoms with E-state index in [-0.39, 0.29) is 5.41 Å². The molecule has 0 N–H and O–H groups in total. The van der Waals surface area contributed by atoms with E-state index < -0.39 is 0 Å². The van der Waals surface area contributed by atoms with Gasteiger partial charge in [-0.05, 0) is 108 Å². The molecule has 1 aromatic heterocycles. The number of hydrogen-bond donors (Lipinski definition) is 0. The predicted molar refractivity (Wildman–Crippen MR) is 251 cm³/mol. The fourth-order valence-electron chi connectivity index (χ4n) is 9.96. The van der Waals surface area contributed by atoms with Crippen LogP contribution in [0.1, 0.15) is 22.3 Å². The van der Waals surface area contributed by atoms with Crippen LogP contribution < -0.4 is 0 Å². The highest BCUT2D eigenvalue weighted by atomic mass is 14.9. The van der Waals surface area contributed by atoms with Crippen LogP contribution in [0.3, 0.4) is 0 Å². The first-order valence-electron chi connectivity index (χ1n) is 21.0. The van der Waals surface area contributed by atoms with Crippen LogP contribution >= 0.6 is 0 Å². The number of aromatic nitrogens is 2. The molecular formula is C59H38N2. The number of rotatable bonds is 6. The number of hydrogen-bond acceptors (Lipinski definition) is 2. The van der Waals surface area contributed by atoms with Gasteiger partial charge in [0.25, 0.3) is 0 Å². The topological polar surface area (TPSA) is 25.8 Å². The second-order valence-electron chi connectivity index (χ2n) is 16.1. The van der Waals surface area contributed by atoms with Crippen molar-refractivity contribution in [1.29, 1.82) is 0 Å². The summed E-state index contributed by atoms with van der Waals surface area (Å²) in [5.41, 5.74) is 22.3. The first-order valence-corrected chi connectivity index (χ1v) is 21.0. The average Bonchev–Trinajstić information content (AvgIpc) is 3.82. The Kier molecular flexibility index (Phi) is 8.11. The Morgan fingerprint density at radius 3 is 1.10 bits per heavy atom. The van der Waals surface area contributed by atoms with Crippen LogP contribution in [-0.2, 0) is 5.41 Å². The molecule has 12 rings (SSSR count). The predicted octanol–water partition coefficient (Wildman–Crippen LogP) is 14.8. The molecule has 10 aromatic rings. The molecule has 1 heterocycles. The molecule has 0 bridgehead atoms. The van der Waals surface area contributed by atoms with Gasteiger partial charge < -0.3 is 0 Å². The van der Waals surface area contributed by atoms with Gasteiger partial charge in [-0.15, -0.1) is 0 Å². The van der Waals surface area contributed by atoms with E-state index in [1.54, 1.807) is 0 Å². The molecule has 0 fully saturated rings. The molecular weight excluding hydrogens is 737 g/mol. The van der Waals surface area contributed by atoms with E-state index in [4.69, 9.17) is 9.97 Å². The van der Waals surface area contributed by atoms with Gasteiger partial charge in [0.2, 0.25) is 0 Å². The van der Waals surface area contributed by atoms with Crippen molar-refractivity contribution in [3.05, 3.63) is 253 Å². The van der Waals surface area contributed by atoms with Gasteiger partial charge in [0.15, 0.2) is 5.82 Å². The second-order valence-corrected chi connectivity index (χ2v) is 16.1. The van der Waals surface area contributed by atoms with Crippen molar-refractivity contribution in [2.24, 2.45) is 0 Å². The monoisotopic (exact) mass is 774 g/mol. The SMILES string of the molecule is c1ccc(-c2cc(-c3cccc(-c4cccc(-c5cccc(-c6ccc7c(c6)C6(c8ccccc8-c8ccccc86)c6ccccc6-7)c5)c4)c3)nc(-c3ccccc3)n2)cc1. The van der Waals surface area contributed by atoms with Gasteiger partial charge in [0.1, 0.15) is 0 Å². The third-order valence-corrected chi connectivity index (χ3v) is 12.7. The van der Waals surface area contributed by atoms with Crippen LogP contribution in [0.25, 0.3) is 89.5 Å².